The van der Waals surface area contributed by atoms with Crippen LogP contribution in [-0.4, -0.2) is 18.4 Å². The Morgan fingerprint density at radius 3 is 2.45 bits per heavy atom. The quantitative estimate of drug-likeness (QED) is 0.850. The fourth-order valence-electron chi connectivity index (χ4n) is 1.72. The minimum atomic E-state index is -0.532. The van der Waals surface area contributed by atoms with Gasteiger partial charge in [-0.15, -0.1) is 0 Å². The van der Waals surface area contributed by atoms with Gasteiger partial charge in [-0.3, -0.25) is 9.59 Å². The predicted molar refractivity (Wildman–Crippen MR) is 85.0 cm³/mol. The lowest BCUT2D eigenvalue weighted by molar-refractivity contribution is -0.143. The highest BCUT2D eigenvalue weighted by Crippen LogP contribution is 2.25. The van der Waals surface area contributed by atoms with Crippen molar-refractivity contribution in [1.29, 1.82) is 0 Å². The number of carbonyl (C=O) groups excluding carboxylic acids is 2. The second kappa shape index (κ2) is 7.82. The Kier molecular flexibility index (Phi) is 5.81. The number of amides is 1. The highest BCUT2D eigenvalue weighted by atomic mass is 35.5. The van der Waals surface area contributed by atoms with Gasteiger partial charge in [0.25, 0.3) is 5.91 Å². The highest BCUT2D eigenvalue weighted by Gasteiger charge is 2.13. The third kappa shape index (κ3) is 4.48. The summed E-state index contributed by atoms with van der Waals surface area (Å²) in [5.41, 5.74) is 1.09. The van der Waals surface area contributed by atoms with E-state index in [9.17, 15) is 9.59 Å². The summed E-state index contributed by atoms with van der Waals surface area (Å²) in [4.78, 5) is 23.5. The van der Waals surface area contributed by atoms with Crippen LogP contribution in [0.5, 0.6) is 0 Å². The number of halogens is 2. The van der Waals surface area contributed by atoms with E-state index in [0.29, 0.717) is 0 Å². The molecule has 0 fully saturated rings. The summed E-state index contributed by atoms with van der Waals surface area (Å²) in [5.74, 6) is -1.01. The molecular weight excluding hydrogens is 325 g/mol. The molecule has 1 N–H and O–H groups in total. The first kappa shape index (κ1) is 16.3. The van der Waals surface area contributed by atoms with Crippen molar-refractivity contribution < 1.29 is 14.3 Å². The van der Waals surface area contributed by atoms with Crippen molar-refractivity contribution in [2.75, 3.05) is 6.54 Å². The zero-order valence-electron chi connectivity index (χ0n) is 11.5. The molecule has 1 amide bonds. The van der Waals surface area contributed by atoms with Gasteiger partial charge < -0.3 is 10.1 Å². The second-order valence-electron chi connectivity index (χ2n) is 4.43. The van der Waals surface area contributed by atoms with Gasteiger partial charge in [-0.1, -0.05) is 59.6 Å². The maximum atomic E-state index is 11.9. The first-order chi connectivity index (χ1) is 10.6. The number of nitrogens with one attached hydrogen (secondary N) is 1. The third-order valence-corrected chi connectivity index (χ3v) is 3.65. The van der Waals surface area contributed by atoms with E-state index in [1.165, 1.54) is 6.07 Å². The van der Waals surface area contributed by atoms with Crippen LogP contribution in [0.1, 0.15) is 15.9 Å². The van der Waals surface area contributed by atoms with Gasteiger partial charge in [0.1, 0.15) is 13.2 Å². The minimum Gasteiger partial charge on any atom is -0.460 e. The summed E-state index contributed by atoms with van der Waals surface area (Å²) in [6.07, 6.45) is 0. The molecule has 2 aromatic carbocycles. The van der Waals surface area contributed by atoms with Crippen molar-refractivity contribution in [3.05, 3.63) is 69.7 Å². The smallest absolute Gasteiger partial charge is 0.325 e. The van der Waals surface area contributed by atoms with E-state index in [2.05, 4.69) is 5.32 Å². The summed E-state index contributed by atoms with van der Waals surface area (Å²) in [7, 11) is 0. The first-order valence-corrected chi connectivity index (χ1v) is 7.25. The normalized spacial score (nSPS) is 10.1. The lowest BCUT2D eigenvalue weighted by Gasteiger charge is -2.08. The Bertz CT molecular complexity index is 674. The maximum Gasteiger partial charge on any atom is 0.325 e. The van der Waals surface area contributed by atoms with Gasteiger partial charge in [0.15, 0.2) is 0 Å². The zero-order chi connectivity index (χ0) is 15.9. The molecule has 22 heavy (non-hydrogen) atoms. The fourth-order valence-corrected chi connectivity index (χ4v) is 2.10. The van der Waals surface area contributed by atoms with E-state index in [1.807, 2.05) is 30.3 Å². The average molecular weight is 338 g/mol. The van der Waals surface area contributed by atoms with Gasteiger partial charge in [-0.2, -0.15) is 0 Å². The molecule has 0 radical (unpaired) electrons. The molecule has 2 rings (SSSR count). The molecule has 2 aromatic rings. The van der Waals surface area contributed by atoms with Crippen LogP contribution in [0.3, 0.4) is 0 Å². The number of rotatable bonds is 5. The minimum absolute atomic E-state index is 0.152. The maximum absolute atomic E-state index is 11.9. The van der Waals surface area contributed by atoms with Crippen molar-refractivity contribution in [3.63, 3.8) is 0 Å². The summed E-state index contributed by atoms with van der Waals surface area (Å²) in [5, 5.41) is 2.88. The van der Waals surface area contributed by atoms with Crippen LogP contribution in [0, 0.1) is 0 Å². The van der Waals surface area contributed by atoms with Crippen LogP contribution in [0.2, 0.25) is 10.0 Å². The molecular formula is C16H13Cl2NO3. The van der Waals surface area contributed by atoms with Gasteiger partial charge in [0.2, 0.25) is 0 Å². The van der Waals surface area contributed by atoms with Gasteiger partial charge in [-0.25, -0.2) is 0 Å². The van der Waals surface area contributed by atoms with E-state index in [0.717, 1.165) is 5.56 Å². The van der Waals surface area contributed by atoms with E-state index < -0.39 is 11.9 Å². The van der Waals surface area contributed by atoms with Crippen LogP contribution in [0.4, 0.5) is 0 Å². The molecule has 0 bridgehead atoms. The fraction of sp³-hybridized carbons (Fsp3) is 0.125. The Morgan fingerprint density at radius 2 is 1.73 bits per heavy atom. The number of hydrogen-bond acceptors (Lipinski definition) is 3. The molecule has 0 aliphatic heterocycles. The number of esters is 1. The molecule has 0 saturated heterocycles. The van der Waals surface area contributed by atoms with Crippen molar-refractivity contribution >= 4 is 35.1 Å². The van der Waals surface area contributed by atoms with E-state index >= 15 is 0 Å². The van der Waals surface area contributed by atoms with Crippen LogP contribution >= 0.6 is 23.2 Å². The molecule has 0 aliphatic rings. The van der Waals surface area contributed by atoms with E-state index in [-0.39, 0.29) is 28.8 Å². The van der Waals surface area contributed by atoms with E-state index in [1.54, 1.807) is 12.1 Å². The van der Waals surface area contributed by atoms with Gasteiger partial charge in [0, 0.05) is 0 Å². The number of ether oxygens (including phenoxy) is 1. The predicted octanol–water partition coefficient (Wildman–Crippen LogP) is 3.47. The van der Waals surface area contributed by atoms with E-state index in [4.69, 9.17) is 27.9 Å². The molecule has 0 heterocycles. The summed E-state index contributed by atoms with van der Waals surface area (Å²) in [6, 6.07) is 14.0. The molecule has 0 aromatic heterocycles. The van der Waals surface area contributed by atoms with Gasteiger partial charge in [-0.05, 0) is 17.7 Å². The Labute approximate surface area is 138 Å². The largest absolute Gasteiger partial charge is 0.460 e. The van der Waals surface area contributed by atoms with Crippen LogP contribution < -0.4 is 5.32 Å². The lowest BCUT2D eigenvalue weighted by atomic mass is 10.2. The van der Waals surface area contributed by atoms with Crippen molar-refractivity contribution in [2.24, 2.45) is 0 Å². The molecule has 0 unspecified atom stereocenters. The van der Waals surface area contributed by atoms with Gasteiger partial charge >= 0.3 is 5.97 Å². The monoisotopic (exact) mass is 337 g/mol. The molecule has 4 nitrogen and oxygen atoms in total. The van der Waals surface area contributed by atoms with Crippen molar-refractivity contribution in [2.45, 2.75) is 6.61 Å². The number of carbonyl (C=O) groups is 2. The molecule has 0 saturated carbocycles. The molecule has 0 spiro atoms. The molecule has 114 valence electrons. The third-order valence-electron chi connectivity index (χ3n) is 2.83. The first-order valence-electron chi connectivity index (χ1n) is 6.49. The Hall–Kier alpha value is -2.04. The lowest BCUT2D eigenvalue weighted by Crippen LogP contribution is -2.30. The highest BCUT2D eigenvalue weighted by molar-refractivity contribution is 6.43. The Morgan fingerprint density at radius 1 is 1.00 bits per heavy atom. The summed E-state index contributed by atoms with van der Waals surface area (Å²) < 4.78 is 5.06. The zero-order valence-corrected chi connectivity index (χ0v) is 13.0. The van der Waals surface area contributed by atoms with Crippen LogP contribution in [0.15, 0.2) is 48.5 Å². The van der Waals surface area contributed by atoms with Crippen molar-refractivity contribution in [3.8, 4) is 0 Å². The number of benzene rings is 2. The summed E-state index contributed by atoms with van der Waals surface area (Å²) in [6.45, 7) is -0.0814. The average Bonchev–Trinajstić information content (AvgIpc) is 2.54. The van der Waals surface area contributed by atoms with Gasteiger partial charge in [0.05, 0.1) is 15.6 Å². The number of hydrogen-bond donors (Lipinski definition) is 1. The molecule has 0 aliphatic carbocycles. The molecule has 6 heteroatoms. The van der Waals surface area contributed by atoms with Crippen LogP contribution in [0.25, 0.3) is 0 Å². The van der Waals surface area contributed by atoms with Crippen molar-refractivity contribution in [1.82, 2.24) is 5.32 Å². The standard InChI is InChI=1S/C16H13Cl2NO3/c17-13-8-4-7-12(15(13)18)16(21)19-9-14(20)22-10-11-5-2-1-3-6-11/h1-8H,9-10H2,(H,19,21). The summed E-state index contributed by atoms with van der Waals surface area (Å²) >= 11 is 11.8. The Balaban J connectivity index is 1.83. The van der Waals surface area contributed by atoms with Crippen LogP contribution in [-0.2, 0) is 16.1 Å². The second-order valence-corrected chi connectivity index (χ2v) is 5.22. The SMILES string of the molecule is O=C(CNC(=O)c1cccc(Cl)c1Cl)OCc1ccccc1. The topological polar surface area (TPSA) is 55.4 Å². The molecule has 0 atom stereocenters.